The highest BCUT2D eigenvalue weighted by molar-refractivity contribution is 7.89. The summed E-state index contributed by atoms with van der Waals surface area (Å²) < 4.78 is 37.6. The second kappa shape index (κ2) is 8.49. The number of hydrogen-bond acceptors (Lipinski definition) is 7. The summed E-state index contributed by atoms with van der Waals surface area (Å²) >= 11 is 6.01. The predicted molar refractivity (Wildman–Crippen MR) is 118 cm³/mol. The van der Waals surface area contributed by atoms with E-state index in [4.69, 9.17) is 20.4 Å². The number of nitrogens with one attached hydrogen (secondary N) is 2. The molecule has 3 aromatic rings. The van der Waals surface area contributed by atoms with Gasteiger partial charge in [-0.15, -0.1) is 0 Å². The second-order valence-corrected chi connectivity index (χ2v) is 10.6. The molecule has 0 unspecified atom stereocenters. The van der Waals surface area contributed by atoms with Gasteiger partial charge >= 0.3 is 0 Å². The van der Waals surface area contributed by atoms with Crippen LogP contribution in [-0.4, -0.2) is 31.3 Å². The molecule has 0 aliphatic heterocycles. The molecule has 0 radical (unpaired) electrons. The first kappa shape index (κ1) is 22.0. The molecule has 11 heteroatoms. The Balaban J connectivity index is 1.17. The molecule has 2 amide bonds. The highest BCUT2D eigenvalue weighted by Gasteiger charge is 2.34. The number of fused-ring (bicyclic) bond motifs is 1. The molecule has 0 bridgehead atoms. The van der Waals surface area contributed by atoms with Gasteiger partial charge in [0.1, 0.15) is 5.52 Å². The summed E-state index contributed by atoms with van der Waals surface area (Å²) in [4.78, 5) is 28.9. The highest BCUT2D eigenvalue weighted by Crippen LogP contribution is 2.34. The van der Waals surface area contributed by atoms with Crippen molar-refractivity contribution in [1.29, 1.82) is 0 Å². The van der Waals surface area contributed by atoms with E-state index in [0.717, 1.165) is 31.2 Å². The summed E-state index contributed by atoms with van der Waals surface area (Å²) in [5.41, 5.74) is 1.42. The van der Waals surface area contributed by atoms with E-state index in [1.165, 1.54) is 12.1 Å². The molecular formula is C22H22ClN3O6S. The van der Waals surface area contributed by atoms with Crippen LogP contribution in [0.1, 0.15) is 60.9 Å². The number of halogens is 1. The molecule has 0 atom stereocenters. The van der Waals surface area contributed by atoms with Crippen LogP contribution in [0.4, 0.5) is 0 Å². The monoisotopic (exact) mass is 491 g/mol. The summed E-state index contributed by atoms with van der Waals surface area (Å²) in [6, 6.07) is 7.72. The zero-order valence-corrected chi connectivity index (χ0v) is 19.1. The molecule has 2 fully saturated rings. The Labute approximate surface area is 194 Å². The average molecular weight is 492 g/mol. The topological polar surface area (TPSA) is 132 Å². The third kappa shape index (κ3) is 4.77. The fourth-order valence-electron chi connectivity index (χ4n) is 4.03. The summed E-state index contributed by atoms with van der Waals surface area (Å²) in [5, 5.41) is 3.04. The SMILES string of the molecule is O=C(N[C@H]1CC[C@@H](c2nc3cc(Cl)ccc3o2)CC1)c1ccc(S(=O)(=O)NC(=O)C2CC2)o1. The molecule has 0 saturated heterocycles. The van der Waals surface area contributed by atoms with Gasteiger partial charge in [0.15, 0.2) is 17.2 Å². The zero-order valence-electron chi connectivity index (χ0n) is 17.5. The van der Waals surface area contributed by atoms with Gasteiger partial charge in [-0.1, -0.05) is 11.6 Å². The largest absolute Gasteiger partial charge is 0.440 e. The number of rotatable bonds is 6. The Morgan fingerprint density at radius 1 is 1.00 bits per heavy atom. The van der Waals surface area contributed by atoms with Crippen LogP contribution in [0.25, 0.3) is 11.1 Å². The van der Waals surface area contributed by atoms with E-state index in [9.17, 15) is 18.0 Å². The minimum absolute atomic E-state index is 0.0766. The molecule has 33 heavy (non-hydrogen) atoms. The number of furan rings is 1. The number of carbonyl (C=O) groups excluding carboxylic acids is 2. The minimum atomic E-state index is -4.13. The van der Waals surface area contributed by atoms with E-state index in [-0.39, 0.29) is 23.6 Å². The van der Waals surface area contributed by atoms with Crippen molar-refractivity contribution in [3.63, 3.8) is 0 Å². The standard InChI is InChI=1S/C22H22ClN3O6S/c23-14-5-8-17-16(11-14)25-22(32-17)13-3-6-15(7-4-13)24-21(28)18-9-10-19(31-18)33(29,30)26-20(27)12-1-2-12/h5,8-13,15H,1-4,6-7H2,(H,24,28)(H,26,27)/t13-,15+. The fraction of sp³-hybridized carbons (Fsp3) is 0.409. The number of aromatic nitrogens is 1. The molecule has 2 N–H and O–H groups in total. The van der Waals surface area contributed by atoms with Gasteiger partial charge < -0.3 is 14.2 Å². The molecule has 0 spiro atoms. The maximum Gasteiger partial charge on any atom is 0.297 e. The van der Waals surface area contributed by atoms with Gasteiger partial charge in [0.25, 0.3) is 15.9 Å². The van der Waals surface area contributed by atoms with Crippen molar-refractivity contribution in [3.8, 4) is 0 Å². The molecule has 9 nitrogen and oxygen atoms in total. The Bertz CT molecular complexity index is 1320. The van der Waals surface area contributed by atoms with E-state index in [0.29, 0.717) is 29.3 Å². The van der Waals surface area contributed by atoms with Crippen LogP contribution in [0.2, 0.25) is 5.02 Å². The molecule has 2 aromatic heterocycles. The lowest BCUT2D eigenvalue weighted by molar-refractivity contribution is -0.120. The predicted octanol–water partition coefficient (Wildman–Crippen LogP) is 3.75. The van der Waals surface area contributed by atoms with Crippen LogP contribution < -0.4 is 10.0 Å². The smallest absolute Gasteiger partial charge is 0.297 e. The summed E-state index contributed by atoms with van der Waals surface area (Å²) in [5.74, 6) is -0.598. The van der Waals surface area contributed by atoms with E-state index in [1.807, 2.05) is 4.72 Å². The molecule has 2 heterocycles. The van der Waals surface area contributed by atoms with E-state index in [1.54, 1.807) is 18.2 Å². The number of oxazole rings is 1. The van der Waals surface area contributed by atoms with Crippen LogP contribution in [0, 0.1) is 5.92 Å². The van der Waals surface area contributed by atoms with E-state index < -0.39 is 26.9 Å². The first-order valence-corrected chi connectivity index (χ1v) is 12.7. The van der Waals surface area contributed by atoms with Crippen molar-refractivity contribution in [1.82, 2.24) is 15.0 Å². The number of sulfonamides is 1. The van der Waals surface area contributed by atoms with Gasteiger partial charge in [-0.3, -0.25) is 9.59 Å². The van der Waals surface area contributed by atoms with Gasteiger partial charge in [0, 0.05) is 22.9 Å². The first-order chi connectivity index (χ1) is 15.8. The molecule has 5 rings (SSSR count). The van der Waals surface area contributed by atoms with Crippen LogP contribution in [-0.2, 0) is 14.8 Å². The van der Waals surface area contributed by atoms with E-state index >= 15 is 0 Å². The lowest BCUT2D eigenvalue weighted by Crippen LogP contribution is -2.37. The van der Waals surface area contributed by atoms with Crippen molar-refractivity contribution >= 4 is 44.5 Å². The Kier molecular flexibility index (Phi) is 5.65. The van der Waals surface area contributed by atoms with Crippen molar-refractivity contribution < 1.29 is 26.8 Å². The molecule has 2 aliphatic rings. The molecule has 1 aromatic carbocycles. The number of benzene rings is 1. The van der Waals surface area contributed by atoms with Gasteiger partial charge in [-0.25, -0.2) is 9.71 Å². The van der Waals surface area contributed by atoms with Crippen molar-refractivity contribution in [2.24, 2.45) is 5.92 Å². The van der Waals surface area contributed by atoms with Crippen molar-refractivity contribution in [2.45, 2.75) is 55.6 Å². The molecular weight excluding hydrogens is 470 g/mol. The second-order valence-electron chi connectivity index (χ2n) is 8.55. The summed E-state index contributed by atoms with van der Waals surface area (Å²) in [6.45, 7) is 0. The van der Waals surface area contributed by atoms with Gasteiger partial charge in [0.05, 0.1) is 0 Å². The van der Waals surface area contributed by atoms with Crippen LogP contribution >= 0.6 is 11.6 Å². The average Bonchev–Trinajstić information content (AvgIpc) is 3.35. The number of carbonyl (C=O) groups is 2. The highest BCUT2D eigenvalue weighted by atomic mass is 35.5. The quantitative estimate of drug-likeness (QED) is 0.536. The first-order valence-electron chi connectivity index (χ1n) is 10.8. The lowest BCUT2D eigenvalue weighted by Gasteiger charge is -2.27. The van der Waals surface area contributed by atoms with Crippen LogP contribution in [0.15, 0.2) is 44.3 Å². The van der Waals surface area contributed by atoms with Gasteiger partial charge in [-0.05, 0) is 68.9 Å². The van der Waals surface area contributed by atoms with Gasteiger partial charge in [0.2, 0.25) is 11.0 Å². The van der Waals surface area contributed by atoms with Crippen molar-refractivity contribution in [2.75, 3.05) is 0 Å². The Hall–Kier alpha value is -2.85. The minimum Gasteiger partial charge on any atom is -0.440 e. The molecule has 2 saturated carbocycles. The van der Waals surface area contributed by atoms with Gasteiger partial charge in [-0.2, -0.15) is 8.42 Å². The third-order valence-electron chi connectivity index (χ3n) is 6.03. The number of nitrogens with zero attached hydrogens (tertiary/aromatic N) is 1. The summed E-state index contributed by atoms with van der Waals surface area (Å²) in [6.07, 6.45) is 4.37. The zero-order chi connectivity index (χ0) is 23.2. The van der Waals surface area contributed by atoms with E-state index in [2.05, 4.69) is 10.3 Å². The lowest BCUT2D eigenvalue weighted by atomic mass is 9.86. The Morgan fingerprint density at radius 2 is 1.76 bits per heavy atom. The maximum atomic E-state index is 12.6. The summed E-state index contributed by atoms with van der Waals surface area (Å²) in [7, 11) is -4.13. The number of hydrogen-bond donors (Lipinski definition) is 2. The normalized spacial score (nSPS) is 21.1. The van der Waals surface area contributed by atoms with Crippen LogP contribution in [0.3, 0.4) is 0 Å². The van der Waals surface area contributed by atoms with Crippen molar-refractivity contribution in [3.05, 3.63) is 47.0 Å². The number of amides is 2. The molecule has 174 valence electrons. The maximum absolute atomic E-state index is 12.6. The third-order valence-corrected chi connectivity index (χ3v) is 7.49. The van der Waals surface area contributed by atoms with Crippen LogP contribution in [0.5, 0.6) is 0 Å². The Morgan fingerprint density at radius 3 is 2.48 bits per heavy atom. The fourth-order valence-corrected chi connectivity index (χ4v) is 5.18. The molecule has 2 aliphatic carbocycles.